The fourth-order valence-electron chi connectivity index (χ4n) is 1.94. The highest BCUT2D eigenvalue weighted by atomic mass is 16.6. The SMILES string of the molecule is CCCOCCOCCOC(=O)CCCCC(=O)OCCOCCOCC. The third-order valence-electron chi connectivity index (χ3n) is 3.29. The molecule has 0 amide bonds. The fraction of sp³-hybridized carbons (Fsp3) is 0.895. The molecule has 0 radical (unpaired) electrons. The Morgan fingerprint density at radius 2 is 0.963 bits per heavy atom. The van der Waals surface area contributed by atoms with E-state index in [9.17, 15) is 9.59 Å². The van der Waals surface area contributed by atoms with Gasteiger partial charge in [0.05, 0.1) is 39.6 Å². The molecular formula is C19H36O8. The van der Waals surface area contributed by atoms with Gasteiger partial charge in [-0.3, -0.25) is 9.59 Å². The molecule has 0 heterocycles. The standard InChI is InChI=1S/C19H36O8/c1-3-9-23-12-13-25-15-17-27-19(21)8-6-5-7-18(20)26-16-14-24-11-10-22-4-2/h3-17H2,1-2H3. The summed E-state index contributed by atoms with van der Waals surface area (Å²) in [5, 5.41) is 0. The molecule has 0 atom stereocenters. The maximum Gasteiger partial charge on any atom is 0.305 e. The number of unbranched alkanes of at least 4 members (excludes halogenated alkanes) is 1. The van der Waals surface area contributed by atoms with E-state index >= 15 is 0 Å². The van der Waals surface area contributed by atoms with Crippen LogP contribution in [0.4, 0.5) is 0 Å². The maximum atomic E-state index is 11.5. The Hall–Kier alpha value is -1.22. The summed E-state index contributed by atoms with van der Waals surface area (Å²) in [4.78, 5) is 23.1. The van der Waals surface area contributed by atoms with E-state index in [1.54, 1.807) is 0 Å². The summed E-state index contributed by atoms with van der Waals surface area (Å²) in [5.41, 5.74) is 0. The Balaban J connectivity index is 3.30. The van der Waals surface area contributed by atoms with E-state index in [-0.39, 0.29) is 38.0 Å². The van der Waals surface area contributed by atoms with Crippen LogP contribution in [0.15, 0.2) is 0 Å². The van der Waals surface area contributed by atoms with Gasteiger partial charge in [0.1, 0.15) is 13.2 Å². The zero-order valence-corrected chi connectivity index (χ0v) is 16.9. The lowest BCUT2D eigenvalue weighted by Crippen LogP contribution is -2.13. The summed E-state index contributed by atoms with van der Waals surface area (Å²) in [6.07, 6.45) is 2.73. The van der Waals surface area contributed by atoms with E-state index in [4.69, 9.17) is 28.4 Å². The molecule has 0 rings (SSSR count). The van der Waals surface area contributed by atoms with Gasteiger partial charge in [0.15, 0.2) is 0 Å². The van der Waals surface area contributed by atoms with Crippen molar-refractivity contribution in [2.75, 3.05) is 66.1 Å². The van der Waals surface area contributed by atoms with Gasteiger partial charge in [-0.15, -0.1) is 0 Å². The first kappa shape index (κ1) is 25.8. The van der Waals surface area contributed by atoms with Crippen molar-refractivity contribution in [2.45, 2.75) is 46.0 Å². The number of hydrogen-bond acceptors (Lipinski definition) is 8. The van der Waals surface area contributed by atoms with Crippen LogP contribution < -0.4 is 0 Å². The highest BCUT2D eigenvalue weighted by Gasteiger charge is 2.06. The molecule has 0 aromatic carbocycles. The first-order valence-corrected chi connectivity index (χ1v) is 9.82. The first-order chi connectivity index (χ1) is 13.2. The molecule has 27 heavy (non-hydrogen) atoms. The minimum atomic E-state index is -0.282. The van der Waals surface area contributed by atoms with Crippen molar-refractivity contribution >= 4 is 11.9 Å². The van der Waals surface area contributed by atoms with E-state index in [1.807, 2.05) is 13.8 Å². The molecule has 0 aliphatic carbocycles. The molecule has 0 aromatic rings. The van der Waals surface area contributed by atoms with Crippen LogP contribution in [0.2, 0.25) is 0 Å². The number of esters is 2. The third-order valence-corrected chi connectivity index (χ3v) is 3.29. The molecule has 8 heteroatoms. The molecule has 0 fully saturated rings. The molecule has 0 N–H and O–H groups in total. The Kier molecular flexibility index (Phi) is 20.1. The molecule has 0 aromatic heterocycles. The van der Waals surface area contributed by atoms with Gasteiger partial charge in [0.2, 0.25) is 0 Å². The number of rotatable bonds is 20. The van der Waals surface area contributed by atoms with Crippen molar-refractivity contribution in [1.82, 2.24) is 0 Å². The second-order valence-electron chi connectivity index (χ2n) is 5.68. The minimum Gasteiger partial charge on any atom is -0.463 e. The summed E-state index contributed by atoms with van der Waals surface area (Å²) >= 11 is 0. The molecule has 0 spiro atoms. The van der Waals surface area contributed by atoms with Gasteiger partial charge in [-0.25, -0.2) is 0 Å². The Morgan fingerprint density at radius 1 is 0.556 bits per heavy atom. The highest BCUT2D eigenvalue weighted by Crippen LogP contribution is 2.03. The summed E-state index contributed by atoms with van der Waals surface area (Å²) in [5.74, 6) is -0.563. The van der Waals surface area contributed by atoms with E-state index in [0.29, 0.717) is 59.1 Å². The van der Waals surface area contributed by atoms with Crippen LogP contribution in [-0.4, -0.2) is 78.0 Å². The van der Waals surface area contributed by atoms with Crippen molar-refractivity contribution in [1.29, 1.82) is 0 Å². The van der Waals surface area contributed by atoms with Gasteiger partial charge in [-0.05, 0) is 26.2 Å². The van der Waals surface area contributed by atoms with Crippen LogP contribution in [0.5, 0.6) is 0 Å². The summed E-state index contributed by atoms with van der Waals surface area (Å²) in [6.45, 7) is 8.63. The van der Waals surface area contributed by atoms with Gasteiger partial charge in [-0.2, -0.15) is 0 Å². The normalized spacial score (nSPS) is 10.7. The van der Waals surface area contributed by atoms with Crippen LogP contribution in [0.1, 0.15) is 46.0 Å². The summed E-state index contributed by atoms with van der Waals surface area (Å²) in [7, 11) is 0. The number of carbonyl (C=O) groups is 2. The topological polar surface area (TPSA) is 89.5 Å². The van der Waals surface area contributed by atoms with Gasteiger partial charge in [-0.1, -0.05) is 6.92 Å². The number of ether oxygens (including phenoxy) is 6. The van der Waals surface area contributed by atoms with Crippen LogP contribution in [-0.2, 0) is 38.0 Å². The largest absolute Gasteiger partial charge is 0.463 e. The third kappa shape index (κ3) is 20.9. The molecule has 160 valence electrons. The number of hydrogen-bond donors (Lipinski definition) is 0. The van der Waals surface area contributed by atoms with Gasteiger partial charge >= 0.3 is 11.9 Å². The molecule has 0 aliphatic heterocycles. The second-order valence-corrected chi connectivity index (χ2v) is 5.68. The summed E-state index contributed by atoms with van der Waals surface area (Å²) in [6, 6.07) is 0. The molecule has 0 bridgehead atoms. The molecule has 0 saturated heterocycles. The highest BCUT2D eigenvalue weighted by molar-refractivity contribution is 5.70. The van der Waals surface area contributed by atoms with Crippen molar-refractivity contribution < 1.29 is 38.0 Å². The summed E-state index contributed by atoms with van der Waals surface area (Å²) < 4.78 is 31.0. The average Bonchev–Trinajstić information content (AvgIpc) is 2.66. The quantitative estimate of drug-likeness (QED) is 0.230. The monoisotopic (exact) mass is 392 g/mol. The fourth-order valence-corrected chi connectivity index (χ4v) is 1.94. The van der Waals surface area contributed by atoms with Crippen LogP contribution in [0.25, 0.3) is 0 Å². The lowest BCUT2D eigenvalue weighted by atomic mass is 10.2. The molecule has 0 saturated carbocycles. The van der Waals surface area contributed by atoms with E-state index in [2.05, 4.69) is 0 Å². The van der Waals surface area contributed by atoms with Crippen molar-refractivity contribution in [2.24, 2.45) is 0 Å². The van der Waals surface area contributed by atoms with Crippen LogP contribution in [0, 0.1) is 0 Å². The van der Waals surface area contributed by atoms with E-state index in [1.165, 1.54) is 0 Å². The maximum absolute atomic E-state index is 11.5. The van der Waals surface area contributed by atoms with Gasteiger partial charge in [0.25, 0.3) is 0 Å². The van der Waals surface area contributed by atoms with Gasteiger partial charge in [0, 0.05) is 26.1 Å². The van der Waals surface area contributed by atoms with Crippen molar-refractivity contribution in [3.05, 3.63) is 0 Å². The molecular weight excluding hydrogens is 356 g/mol. The van der Waals surface area contributed by atoms with Crippen LogP contribution >= 0.6 is 0 Å². The number of carbonyl (C=O) groups excluding carboxylic acids is 2. The van der Waals surface area contributed by atoms with E-state index in [0.717, 1.165) is 13.0 Å². The van der Waals surface area contributed by atoms with Crippen LogP contribution in [0.3, 0.4) is 0 Å². The predicted molar refractivity (Wildman–Crippen MR) is 99.6 cm³/mol. The zero-order valence-electron chi connectivity index (χ0n) is 16.9. The van der Waals surface area contributed by atoms with Crippen molar-refractivity contribution in [3.8, 4) is 0 Å². The smallest absolute Gasteiger partial charge is 0.305 e. The molecule has 0 aliphatic rings. The van der Waals surface area contributed by atoms with Crippen molar-refractivity contribution in [3.63, 3.8) is 0 Å². The first-order valence-electron chi connectivity index (χ1n) is 9.82. The Labute approximate surface area is 162 Å². The Morgan fingerprint density at radius 3 is 1.41 bits per heavy atom. The minimum absolute atomic E-state index is 0.233. The van der Waals surface area contributed by atoms with Gasteiger partial charge < -0.3 is 28.4 Å². The Bertz CT molecular complexity index is 349. The predicted octanol–water partition coefficient (Wildman–Crippen LogP) is 2.13. The lowest BCUT2D eigenvalue weighted by molar-refractivity contribution is -0.147. The zero-order chi connectivity index (χ0) is 20.0. The molecule has 8 nitrogen and oxygen atoms in total. The lowest BCUT2D eigenvalue weighted by Gasteiger charge is -2.07. The second kappa shape index (κ2) is 21.1. The average molecular weight is 392 g/mol. The molecule has 0 unspecified atom stereocenters. The van der Waals surface area contributed by atoms with E-state index < -0.39 is 0 Å².